The number of benzene rings is 1. The fourth-order valence-corrected chi connectivity index (χ4v) is 2.13. The summed E-state index contributed by atoms with van der Waals surface area (Å²) in [5.41, 5.74) is 4.57. The molecule has 1 aliphatic carbocycles. The molecule has 0 heterocycles. The second kappa shape index (κ2) is 5.53. The third kappa shape index (κ3) is 2.33. The van der Waals surface area contributed by atoms with Gasteiger partial charge in [0.1, 0.15) is 5.69 Å². The van der Waals surface area contributed by atoms with Crippen molar-refractivity contribution in [1.82, 2.24) is 0 Å². The van der Waals surface area contributed by atoms with Crippen LogP contribution in [0.25, 0.3) is 0 Å². The molecule has 3 atom stereocenters. The highest BCUT2D eigenvalue weighted by molar-refractivity contribution is 5.49. The van der Waals surface area contributed by atoms with Crippen LogP contribution in [0, 0.1) is 29.1 Å². The van der Waals surface area contributed by atoms with Gasteiger partial charge in [0.25, 0.3) is 0 Å². The number of hydrogen-bond acceptors (Lipinski definition) is 3. The summed E-state index contributed by atoms with van der Waals surface area (Å²) in [4.78, 5) is 0. The van der Waals surface area contributed by atoms with E-state index in [0.29, 0.717) is 13.0 Å². The minimum Gasteiger partial charge on any atom is -0.376 e. The van der Waals surface area contributed by atoms with Crippen LogP contribution in [0.1, 0.15) is 13.3 Å². The topological polar surface area (TPSA) is 47.3 Å². The van der Waals surface area contributed by atoms with Crippen LogP contribution in [-0.4, -0.2) is 24.8 Å². The van der Waals surface area contributed by atoms with Gasteiger partial charge in [-0.25, -0.2) is 22.0 Å². The number of nitrogens with one attached hydrogen (secondary N) is 1. The van der Waals surface area contributed by atoms with Crippen LogP contribution < -0.4 is 11.1 Å². The summed E-state index contributed by atoms with van der Waals surface area (Å²) in [6, 6.07) is -1.19. The first-order chi connectivity index (χ1) is 9.38. The Morgan fingerprint density at radius 1 is 1.05 bits per heavy atom. The molecule has 0 bridgehead atoms. The van der Waals surface area contributed by atoms with Gasteiger partial charge in [0.15, 0.2) is 23.3 Å². The first-order valence-electron chi connectivity index (χ1n) is 6.03. The normalized spacial score (nSPS) is 25.4. The van der Waals surface area contributed by atoms with E-state index in [1.807, 2.05) is 0 Å². The highest BCUT2D eigenvalue weighted by Gasteiger charge is 2.41. The molecule has 1 saturated carbocycles. The first kappa shape index (κ1) is 15.0. The van der Waals surface area contributed by atoms with Crippen LogP contribution >= 0.6 is 0 Å². The summed E-state index contributed by atoms with van der Waals surface area (Å²) in [5.74, 6) is -9.99. The van der Waals surface area contributed by atoms with Crippen LogP contribution in [-0.2, 0) is 4.74 Å². The van der Waals surface area contributed by atoms with Crippen LogP contribution in [0.3, 0.4) is 0 Å². The molecule has 1 aromatic carbocycles. The smallest absolute Gasteiger partial charge is 0.200 e. The highest BCUT2D eigenvalue weighted by Crippen LogP contribution is 2.32. The Kier molecular flexibility index (Phi) is 4.14. The van der Waals surface area contributed by atoms with E-state index < -0.39 is 53.0 Å². The Bertz CT molecular complexity index is 494. The van der Waals surface area contributed by atoms with Crippen molar-refractivity contribution in [1.29, 1.82) is 0 Å². The van der Waals surface area contributed by atoms with E-state index >= 15 is 0 Å². The maximum atomic E-state index is 13.5. The molecule has 20 heavy (non-hydrogen) atoms. The third-order valence-electron chi connectivity index (χ3n) is 3.27. The number of rotatable bonds is 4. The standard InChI is InChI=1S/C12H13F5N2O/c1-2-20-5-3-4(18)11(5)19-12-9(16)7(14)6(13)8(15)10(12)17/h4-5,11,19H,2-3,18H2,1H3. The largest absolute Gasteiger partial charge is 0.376 e. The number of nitrogens with two attached hydrogens (primary N) is 1. The molecule has 0 aliphatic heterocycles. The van der Waals surface area contributed by atoms with Crippen LogP contribution in [0.5, 0.6) is 0 Å². The number of halogens is 5. The second-order valence-corrected chi connectivity index (χ2v) is 4.51. The van der Waals surface area contributed by atoms with Gasteiger partial charge in [-0.15, -0.1) is 0 Å². The lowest BCUT2D eigenvalue weighted by molar-refractivity contribution is -0.0128. The van der Waals surface area contributed by atoms with E-state index in [9.17, 15) is 22.0 Å². The van der Waals surface area contributed by atoms with Crippen LogP contribution in [0.4, 0.5) is 27.6 Å². The Balaban J connectivity index is 2.30. The van der Waals surface area contributed by atoms with Gasteiger partial charge >= 0.3 is 0 Å². The van der Waals surface area contributed by atoms with Crippen molar-refractivity contribution in [2.45, 2.75) is 31.5 Å². The zero-order chi connectivity index (χ0) is 15.0. The van der Waals surface area contributed by atoms with Crippen molar-refractivity contribution in [3.05, 3.63) is 29.1 Å². The summed E-state index contributed by atoms with van der Waals surface area (Å²) < 4.78 is 71.3. The van der Waals surface area contributed by atoms with Gasteiger partial charge in [-0.3, -0.25) is 0 Å². The molecule has 3 nitrogen and oxygen atoms in total. The molecule has 0 aromatic heterocycles. The summed E-state index contributed by atoms with van der Waals surface area (Å²) in [5, 5.41) is 2.26. The van der Waals surface area contributed by atoms with E-state index in [1.54, 1.807) is 6.92 Å². The van der Waals surface area contributed by atoms with Crippen LogP contribution in [0.15, 0.2) is 0 Å². The summed E-state index contributed by atoms with van der Waals surface area (Å²) >= 11 is 0. The molecule has 112 valence electrons. The van der Waals surface area contributed by atoms with E-state index in [1.165, 1.54) is 0 Å². The second-order valence-electron chi connectivity index (χ2n) is 4.51. The molecular weight excluding hydrogens is 283 g/mol. The highest BCUT2D eigenvalue weighted by atomic mass is 19.2. The summed E-state index contributed by atoms with van der Waals surface area (Å²) in [7, 11) is 0. The maximum Gasteiger partial charge on any atom is 0.200 e. The van der Waals surface area contributed by atoms with Crippen molar-refractivity contribution in [3.63, 3.8) is 0 Å². The Hall–Kier alpha value is -1.41. The third-order valence-corrected chi connectivity index (χ3v) is 3.27. The zero-order valence-corrected chi connectivity index (χ0v) is 10.5. The van der Waals surface area contributed by atoms with Gasteiger partial charge < -0.3 is 15.8 Å². The van der Waals surface area contributed by atoms with Crippen LogP contribution in [0.2, 0.25) is 0 Å². The quantitative estimate of drug-likeness (QED) is 0.509. The molecule has 1 aliphatic rings. The molecule has 0 saturated heterocycles. The van der Waals surface area contributed by atoms with Crippen molar-refractivity contribution < 1.29 is 26.7 Å². The molecule has 0 spiro atoms. The molecular formula is C12H13F5N2O. The first-order valence-corrected chi connectivity index (χ1v) is 6.03. The predicted octanol–water partition coefficient (Wildman–Crippen LogP) is 2.30. The molecule has 0 radical (unpaired) electrons. The van der Waals surface area contributed by atoms with Gasteiger partial charge in [-0.2, -0.15) is 0 Å². The minimum atomic E-state index is -2.19. The maximum absolute atomic E-state index is 13.5. The van der Waals surface area contributed by atoms with Gasteiger partial charge in [0, 0.05) is 12.6 Å². The Morgan fingerprint density at radius 3 is 2.00 bits per heavy atom. The van der Waals surface area contributed by atoms with E-state index in [-0.39, 0.29) is 0 Å². The summed E-state index contributed by atoms with van der Waals surface area (Å²) in [6.07, 6.45) is 0.0194. The Labute approximate surface area is 111 Å². The predicted molar refractivity (Wildman–Crippen MR) is 61.6 cm³/mol. The average molecular weight is 296 g/mol. The van der Waals surface area contributed by atoms with E-state index in [0.717, 1.165) is 0 Å². The van der Waals surface area contributed by atoms with Crippen molar-refractivity contribution in [2.75, 3.05) is 11.9 Å². The van der Waals surface area contributed by atoms with Gasteiger partial charge in [-0.1, -0.05) is 0 Å². The number of anilines is 1. The van der Waals surface area contributed by atoms with Crippen molar-refractivity contribution >= 4 is 5.69 Å². The zero-order valence-electron chi connectivity index (χ0n) is 10.5. The van der Waals surface area contributed by atoms with Gasteiger partial charge in [-0.05, 0) is 13.3 Å². The molecule has 8 heteroatoms. The number of ether oxygens (including phenoxy) is 1. The molecule has 3 unspecified atom stereocenters. The minimum absolute atomic E-state index is 0.354. The lowest BCUT2D eigenvalue weighted by Crippen LogP contribution is -2.60. The molecule has 3 N–H and O–H groups in total. The van der Waals surface area contributed by atoms with Gasteiger partial charge in [0.2, 0.25) is 5.82 Å². The number of hydrogen-bond donors (Lipinski definition) is 2. The van der Waals surface area contributed by atoms with E-state index in [2.05, 4.69) is 5.32 Å². The molecule has 1 aromatic rings. The SMILES string of the molecule is CCOC1CC(N)C1Nc1c(F)c(F)c(F)c(F)c1F. The van der Waals surface area contributed by atoms with Crippen molar-refractivity contribution in [3.8, 4) is 0 Å². The Morgan fingerprint density at radius 2 is 1.55 bits per heavy atom. The monoisotopic (exact) mass is 296 g/mol. The lowest BCUT2D eigenvalue weighted by atomic mass is 9.83. The van der Waals surface area contributed by atoms with Gasteiger partial charge in [0.05, 0.1) is 12.1 Å². The average Bonchev–Trinajstić information content (AvgIpc) is 2.42. The summed E-state index contributed by atoms with van der Waals surface area (Å²) in [6.45, 7) is 2.08. The molecule has 1 fully saturated rings. The molecule has 0 amide bonds. The lowest BCUT2D eigenvalue weighted by Gasteiger charge is -2.43. The van der Waals surface area contributed by atoms with Crippen molar-refractivity contribution in [2.24, 2.45) is 5.73 Å². The fourth-order valence-electron chi connectivity index (χ4n) is 2.13. The molecule has 2 rings (SSSR count). The van der Waals surface area contributed by atoms with E-state index in [4.69, 9.17) is 10.5 Å². The fraction of sp³-hybridized carbons (Fsp3) is 0.500.